The standard InChI is InChI=1S/C18H23N3O3.ClH/c22-17(20-9-7-13-5-6-14(11-20)19-13)8-10-21-15-3-1-2-4-16(15)24-12-18(21)23;/h1-4,13-14,19H,5-12H2;1H. The van der Waals surface area contributed by atoms with E-state index in [1.165, 1.54) is 6.42 Å². The predicted molar refractivity (Wildman–Crippen MR) is 97.3 cm³/mol. The second-order valence-corrected chi connectivity index (χ2v) is 6.82. The molecule has 0 saturated carbocycles. The summed E-state index contributed by atoms with van der Waals surface area (Å²) in [5.74, 6) is 0.764. The monoisotopic (exact) mass is 365 g/mol. The van der Waals surface area contributed by atoms with Crippen LogP contribution >= 0.6 is 12.4 Å². The molecule has 2 atom stereocenters. The molecule has 2 unspecified atom stereocenters. The molecule has 2 fully saturated rings. The van der Waals surface area contributed by atoms with E-state index < -0.39 is 0 Å². The molecule has 7 heteroatoms. The van der Waals surface area contributed by atoms with Gasteiger partial charge in [-0.25, -0.2) is 0 Å². The van der Waals surface area contributed by atoms with Crippen molar-refractivity contribution in [2.75, 3.05) is 31.1 Å². The number of carbonyl (C=O) groups is 2. The molecule has 0 spiro atoms. The number of hydrogen-bond donors (Lipinski definition) is 1. The van der Waals surface area contributed by atoms with E-state index in [2.05, 4.69) is 5.32 Å². The van der Waals surface area contributed by atoms with Crippen molar-refractivity contribution >= 4 is 29.9 Å². The summed E-state index contributed by atoms with van der Waals surface area (Å²) in [5, 5.41) is 3.59. The third-order valence-electron chi connectivity index (χ3n) is 5.23. The minimum absolute atomic E-state index is 0. The number of likely N-dealkylation sites (tertiary alicyclic amines) is 1. The Bertz CT molecular complexity index is 654. The molecular formula is C18H24ClN3O3. The van der Waals surface area contributed by atoms with Gasteiger partial charge in [0.2, 0.25) is 5.91 Å². The van der Waals surface area contributed by atoms with E-state index in [4.69, 9.17) is 4.74 Å². The maximum Gasteiger partial charge on any atom is 0.265 e. The molecule has 4 rings (SSSR count). The minimum Gasteiger partial charge on any atom is -0.482 e. The molecule has 0 aliphatic carbocycles. The molecule has 0 radical (unpaired) electrons. The Balaban J connectivity index is 0.00000182. The molecule has 3 aliphatic heterocycles. The average Bonchev–Trinajstić information content (AvgIpc) is 2.92. The smallest absolute Gasteiger partial charge is 0.265 e. The Kier molecular flexibility index (Phi) is 5.49. The largest absolute Gasteiger partial charge is 0.482 e. The molecule has 2 saturated heterocycles. The summed E-state index contributed by atoms with van der Waals surface area (Å²) < 4.78 is 5.44. The van der Waals surface area contributed by atoms with Gasteiger partial charge in [0.1, 0.15) is 5.75 Å². The van der Waals surface area contributed by atoms with Crippen molar-refractivity contribution < 1.29 is 14.3 Å². The Morgan fingerprint density at radius 3 is 2.88 bits per heavy atom. The number of rotatable bonds is 3. The lowest BCUT2D eigenvalue weighted by molar-refractivity contribution is -0.131. The molecule has 1 aromatic carbocycles. The van der Waals surface area contributed by atoms with Crippen molar-refractivity contribution in [1.29, 1.82) is 0 Å². The van der Waals surface area contributed by atoms with E-state index in [9.17, 15) is 9.59 Å². The number of para-hydroxylation sites is 2. The second kappa shape index (κ2) is 7.62. The van der Waals surface area contributed by atoms with Crippen LogP contribution in [-0.2, 0) is 9.59 Å². The molecule has 2 bridgehead atoms. The van der Waals surface area contributed by atoms with Gasteiger partial charge in [0.25, 0.3) is 5.91 Å². The quantitative estimate of drug-likeness (QED) is 0.883. The number of amides is 2. The minimum atomic E-state index is -0.0851. The van der Waals surface area contributed by atoms with Crippen molar-refractivity contribution in [3.8, 4) is 5.75 Å². The lowest BCUT2D eigenvalue weighted by Crippen LogP contribution is -2.43. The lowest BCUT2D eigenvalue weighted by atomic mass is 10.1. The number of halogens is 1. The van der Waals surface area contributed by atoms with Crippen LogP contribution in [0.3, 0.4) is 0 Å². The molecule has 6 nitrogen and oxygen atoms in total. The predicted octanol–water partition coefficient (Wildman–Crippen LogP) is 1.58. The summed E-state index contributed by atoms with van der Waals surface area (Å²) >= 11 is 0. The Morgan fingerprint density at radius 2 is 2.00 bits per heavy atom. The number of carbonyl (C=O) groups excluding carboxylic acids is 2. The fraction of sp³-hybridized carbons (Fsp3) is 0.556. The Morgan fingerprint density at radius 1 is 1.20 bits per heavy atom. The zero-order valence-corrected chi connectivity index (χ0v) is 15.0. The van der Waals surface area contributed by atoms with Gasteiger partial charge in [-0.15, -0.1) is 12.4 Å². The van der Waals surface area contributed by atoms with Crippen molar-refractivity contribution in [3.05, 3.63) is 24.3 Å². The van der Waals surface area contributed by atoms with Crippen LogP contribution in [0, 0.1) is 0 Å². The number of ether oxygens (including phenoxy) is 1. The SMILES string of the molecule is Cl.O=C(CCN1C(=O)COc2ccccc21)N1CCC2CCC(C1)N2. The van der Waals surface area contributed by atoms with Gasteiger partial charge in [-0.3, -0.25) is 9.59 Å². The lowest BCUT2D eigenvalue weighted by Gasteiger charge is -2.30. The fourth-order valence-corrected chi connectivity index (χ4v) is 3.93. The first-order valence-electron chi connectivity index (χ1n) is 8.77. The first kappa shape index (κ1) is 18.0. The zero-order valence-electron chi connectivity index (χ0n) is 14.1. The highest BCUT2D eigenvalue weighted by Crippen LogP contribution is 2.31. The summed E-state index contributed by atoms with van der Waals surface area (Å²) in [6, 6.07) is 8.50. The first-order valence-corrected chi connectivity index (χ1v) is 8.77. The maximum atomic E-state index is 12.6. The van der Waals surface area contributed by atoms with E-state index in [0.717, 1.165) is 31.6 Å². The number of fused-ring (bicyclic) bond motifs is 3. The van der Waals surface area contributed by atoms with Gasteiger partial charge in [-0.05, 0) is 31.4 Å². The number of nitrogens with one attached hydrogen (secondary N) is 1. The van der Waals surface area contributed by atoms with E-state index in [-0.39, 0.29) is 30.8 Å². The van der Waals surface area contributed by atoms with Crippen molar-refractivity contribution in [2.24, 2.45) is 0 Å². The number of nitrogens with zero attached hydrogens (tertiary/aromatic N) is 2. The van der Waals surface area contributed by atoms with Gasteiger partial charge in [0, 0.05) is 38.1 Å². The molecule has 1 N–H and O–H groups in total. The molecule has 136 valence electrons. The number of anilines is 1. The summed E-state index contributed by atoms with van der Waals surface area (Å²) in [6.45, 7) is 2.07. The summed E-state index contributed by atoms with van der Waals surface area (Å²) in [4.78, 5) is 28.4. The Hall–Kier alpha value is -1.79. The molecule has 1 aromatic rings. The molecular weight excluding hydrogens is 342 g/mol. The molecule has 3 heterocycles. The van der Waals surface area contributed by atoms with Crippen LogP contribution in [0.25, 0.3) is 0 Å². The summed E-state index contributed by atoms with van der Waals surface area (Å²) in [6.07, 6.45) is 3.77. The highest BCUT2D eigenvalue weighted by molar-refractivity contribution is 5.98. The third-order valence-corrected chi connectivity index (χ3v) is 5.23. The topological polar surface area (TPSA) is 61.9 Å². The van der Waals surface area contributed by atoms with Crippen molar-refractivity contribution in [1.82, 2.24) is 10.2 Å². The van der Waals surface area contributed by atoms with E-state index in [0.29, 0.717) is 30.8 Å². The third kappa shape index (κ3) is 3.75. The highest BCUT2D eigenvalue weighted by Gasteiger charge is 2.32. The van der Waals surface area contributed by atoms with Gasteiger partial charge >= 0.3 is 0 Å². The summed E-state index contributed by atoms with van der Waals surface area (Å²) in [5.41, 5.74) is 0.762. The normalized spacial score (nSPS) is 24.9. The molecule has 2 amide bonds. The zero-order chi connectivity index (χ0) is 16.5. The molecule has 0 aromatic heterocycles. The van der Waals surface area contributed by atoms with Crippen molar-refractivity contribution in [2.45, 2.75) is 37.8 Å². The van der Waals surface area contributed by atoms with Gasteiger partial charge in [-0.2, -0.15) is 0 Å². The number of benzene rings is 1. The molecule has 3 aliphatic rings. The van der Waals surface area contributed by atoms with Gasteiger partial charge < -0.3 is 19.9 Å². The van der Waals surface area contributed by atoms with Gasteiger partial charge in [0.05, 0.1) is 5.69 Å². The van der Waals surface area contributed by atoms with E-state index >= 15 is 0 Å². The van der Waals surface area contributed by atoms with Crippen LogP contribution in [0.5, 0.6) is 5.75 Å². The fourth-order valence-electron chi connectivity index (χ4n) is 3.93. The Labute approximate surface area is 153 Å². The highest BCUT2D eigenvalue weighted by atomic mass is 35.5. The molecule has 25 heavy (non-hydrogen) atoms. The van der Waals surface area contributed by atoms with Crippen LogP contribution in [0.15, 0.2) is 24.3 Å². The van der Waals surface area contributed by atoms with E-state index in [1.54, 1.807) is 4.90 Å². The van der Waals surface area contributed by atoms with Crippen LogP contribution in [-0.4, -0.2) is 55.0 Å². The van der Waals surface area contributed by atoms with E-state index in [1.807, 2.05) is 29.2 Å². The maximum absolute atomic E-state index is 12.6. The van der Waals surface area contributed by atoms with Gasteiger partial charge in [-0.1, -0.05) is 12.1 Å². The number of hydrogen-bond acceptors (Lipinski definition) is 4. The van der Waals surface area contributed by atoms with Crippen LogP contribution in [0.2, 0.25) is 0 Å². The van der Waals surface area contributed by atoms with Crippen LogP contribution in [0.1, 0.15) is 25.7 Å². The van der Waals surface area contributed by atoms with Gasteiger partial charge in [0.15, 0.2) is 6.61 Å². The first-order chi connectivity index (χ1) is 11.7. The van der Waals surface area contributed by atoms with Crippen molar-refractivity contribution in [3.63, 3.8) is 0 Å². The van der Waals surface area contributed by atoms with Crippen LogP contribution < -0.4 is 15.0 Å². The second-order valence-electron chi connectivity index (χ2n) is 6.82. The summed E-state index contributed by atoms with van der Waals surface area (Å²) in [7, 11) is 0. The average molecular weight is 366 g/mol. The van der Waals surface area contributed by atoms with Crippen LogP contribution in [0.4, 0.5) is 5.69 Å².